The van der Waals surface area contributed by atoms with Crippen molar-refractivity contribution in [2.24, 2.45) is 16.7 Å². The van der Waals surface area contributed by atoms with Crippen LogP contribution in [0.2, 0.25) is 0 Å². The van der Waals surface area contributed by atoms with E-state index in [1.807, 2.05) is 32.9 Å². The lowest BCUT2D eigenvalue weighted by atomic mass is 9.53. The third-order valence-electron chi connectivity index (χ3n) is 4.90. The normalized spacial score (nSPS) is 54.1. The summed E-state index contributed by atoms with van der Waals surface area (Å²) in [5, 5.41) is 0. The maximum atomic E-state index is 12.0. The largest absolute Gasteiger partial charge is 0.392 e. The molecule has 4 heteroatoms. The Hall–Kier alpha value is -1.16. The predicted molar refractivity (Wildman–Crippen MR) is 54.3 cm³/mol. The summed E-state index contributed by atoms with van der Waals surface area (Å²) < 4.78 is 10.6. The summed E-state index contributed by atoms with van der Waals surface area (Å²) in [5.74, 6) is -1.21. The Bertz CT molecular complexity index is 427. The van der Waals surface area contributed by atoms with E-state index in [2.05, 4.69) is 0 Å². The van der Waals surface area contributed by atoms with Crippen LogP contribution in [0, 0.1) is 16.7 Å². The van der Waals surface area contributed by atoms with E-state index in [0.717, 1.165) is 0 Å². The molecule has 2 bridgehead atoms. The molecule has 0 aromatic rings. The molecule has 5 atom stereocenters. The Labute approximate surface area is 93.6 Å². The van der Waals surface area contributed by atoms with Crippen LogP contribution in [0.1, 0.15) is 20.8 Å². The number of ether oxygens (including phenoxy) is 2. The first-order chi connectivity index (χ1) is 7.42. The molecule has 3 rings (SSSR count). The Morgan fingerprint density at radius 1 is 1.19 bits per heavy atom. The Kier molecular flexibility index (Phi) is 1.61. The third kappa shape index (κ3) is 0.755. The summed E-state index contributed by atoms with van der Waals surface area (Å²) in [5.41, 5.74) is -1.22. The van der Waals surface area contributed by atoms with E-state index in [1.165, 1.54) is 0 Å². The lowest BCUT2D eigenvalue weighted by molar-refractivity contribution is -0.191. The van der Waals surface area contributed by atoms with Crippen molar-refractivity contribution in [1.82, 2.24) is 0 Å². The maximum absolute atomic E-state index is 12.0. The van der Waals surface area contributed by atoms with Crippen LogP contribution in [0.4, 0.5) is 0 Å². The lowest BCUT2D eigenvalue weighted by Gasteiger charge is -2.48. The highest BCUT2D eigenvalue weighted by Gasteiger charge is 2.72. The Balaban J connectivity index is 2.21. The van der Waals surface area contributed by atoms with Crippen molar-refractivity contribution in [2.45, 2.75) is 33.0 Å². The van der Waals surface area contributed by atoms with Gasteiger partial charge in [-0.25, -0.2) is 0 Å². The first-order valence-electron chi connectivity index (χ1n) is 5.52. The van der Waals surface area contributed by atoms with Gasteiger partial charge in [-0.1, -0.05) is 26.0 Å². The molecule has 3 heterocycles. The highest BCUT2D eigenvalue weighted by molar-refractivity contribution is 5.95. The van der Waals surface area contributed by atoms with E-state index in [4.69, 9.17) is 9.47 Å². The molecule has 0 spiro atoms. The molecule has 4 unspecified atom stereocenters. The van der Waals surface area contributed by atoms with Gasteiger partial charge in [-0.15, -0.1) is 0 Å². The zero-order chi connectivity index (χ0) is 11.7. The molecular formula is C12H14O4. The molecule has 86 valence electrons. The first-order valence-corrected chi connectivity index (χ1v) is 5.52. The first kappa shape index (κ1) is 10.0. The minimum Gasteiger partial charge on any atom is -0.392 e. The van der Waals surface area contributed by atoms with Crippen molar-refractivity contribution in [2.75, 3.05) is 0 Å². The molecule has 0 saturated carbocycles. The van der Waals surface area contributed by atoms with Crippen LogP contribution in [0.5, 0.6) is 0 Å². The summed E-state index contributed by atoms with van der Waals surface area (Å²) in [6, 6.07) is 0. The number of hydrogen-bond donors (Lipinski definition) is 0. The summed E-state index contributed by atoms with van der Waals surface area (Å²) in [6.45, 7) is 5.60. The molecule has 4 nitrogen and oxygen atoms in total. The van der Waals surface area contributed by atoms with E-state index in [-0.39, 0.29) is 18.1 Å². The number of carbonyl (C=O) groups is 2. The standard InChI is InChI=1S/C12H14O4/c1-6-9(13)16-10(14)12(3)8-5-4-7(15-8)11(6,12)2/h4-8H,1-3H3/t6?,7?,8?,11-,12?/m1/s1. The molecule has 2 fully saturated rings. The van der Waals surface area contributed by atoms with Crippen LogP contribution in [-0.2, 0) is 19.1 Å². The van der Waals surface area contributed by atoms with Gasteiger partial charge in [0.2, 0.25) is 0 Å². The van der Waals surface area contributed by atoms with Crippen LogP contribution in [0.25, 0.3) is 0 Å². The summed E-state index contributed by atoms with van der Waals surface area (Å²) >= 11 is 0. The number of rotatable bonds is 0. The molecule has 0 aliphatic carbocycles. The van der Waals surface area contributed by atoms with Crippen molar-refractivity contribution < 1.29 is 19.1 Å². The van der Waals surface area contributed by atoms with Crippen molar-refractivity contribution in [1.29, 1.82) is 0 Å². The summed E-state index contributed by atoms with van der Waals surface area (Å²) in [7, 11) is 0. The van der Waals surface area contributed by atoms with Crippen LogP contribution in [-0.4, -0.2) is 24.1 Å². The molecule has 3 aliphatic heterocycles. The van der Waals surface area contributed by atoms with Crippen LogP contribution in [0.15, 0.2) is 12.2 Å². The fourth-order valence-corrected chi connectivity index (χ4v) is 3.29. The molecule has 2 saturated heterocycles. The van der Waals surface area contributed by atoms with Gasteiger partial charge >= 0.3 is 11.9 Å². The molecule has 0 N–H and O–H groups in total. The number of fused-ring (bicyclic) bond motifs is 5. The average molecular weight is 222 g/mol. The zero-order valence-electron chi connectivity index (χ0n) is 9.52. The number of hydrogen-bond acceptors (Lipinski definition) is 4. The minimum atomic E-state index is -0.736. The Morgan fingerprint density at radius 2 is 1.81 bits per heavy atom. The SMILES string of the molecule is CC1C(=O)OC(=O)C2(C)C3C=CC(O3)[C@@]12C. The van der Waals surface area contributed by atoms with Crippen molar-refractivity contribution in [3.63, 3.8) is 0 Å². The summed E-state index contributed by atoms with van der Waals surface area (Å²) in [6.07, 6.45) is 3.44. The van der Waals surface area contributed by atoms with Crippen LogP contribution < -0.4 is 0 Å². The van der Waals surface area contributed by atoms with Gasteiger partial charge in [-0.2, -0.15) is 0 Å². The van der Waals surface area contributed by atoms with Gasteiger partial charge in [0.15, 0.2) is 0 Å². The van der Waals surface area contributed by atoms with Gasteiger partial charge in [0.25, 0.3) is 0 Å². The second-order valence-corrected chi connectivity index (χ2v) is 5.28. The third-order valence-corrected chi connectivity index (χ3v) is 4.90. The minimum absolute atomic E-state index is 0.158. The van der Waals surface area contributed by atoms with Crippen LogP contribution in [0.3, 0.4) is 0 Å². The van der Waals surface area contributed by atoms with Crippen molar-refractivity contribution in [3.05, 3.63) is 12.2 Å². The number of carbonyl (C=O) groups excluding carboxylic acids is 2. The Morgan fingerprint density at radius 3 is 2.50 bits per heavy atom. The van der Waals surface area contributed by atoms with Gasteiger partial charge < -0.3 is 9.47 Å². The van der Waals surface area contributed by atoms with Gasteiger partial charge in [-0.3, -0.25) is 9.59 Å². The fraction of sp³-hybridized carbons (Fsp3) is 0.667. The molecule has 0 amide bonds. The molecule has 0 aromatic carbocycles. The fourth-order valence-electron chi connectivity index (χ4n) is 3.29. The second-order valence-electron chi connectivity index (χ2n) is 5.28. The zero-order valence-corrected chi connectivity index (χ0v) is 9.52. The van der Waals surface area contributed by atoms with E-state index in [1.54, 1.807) is 0 Å². The molecule has 0 radical (unpaired) electrons. The smallest absolute Gasteiger partial charge is 0.323 e. The lowest BCUT2D eigenvalue weighted by Crippen LogP contribution is -2.60. The highest BCUT2D eigenvalue weighted by Crippen LogP contribution is 2.62. The van der Waals surface area contributed by atoms with E-state index in [9.17, 15) is 9.59 Å². The molecule has 3 aliphatic rings. The van der Waals surface area contributed by atoms with Crippen LogP contribution >= 0.6 is 0 Å². The quantitative estimate of drug-likeness (QED) is 0.349. The van der Waals surface area contributed by atoms with Gasteiger partial charge in [0.1, 0.15) is 5.41 Å². The predicted octanol–water partition coefficient (Wildman–Crippen LogP) is 1.06. The summed E-state index contributed by atoms with van der Waals surface area (Å²) in [4.78, 5) is 23.6. The topological polar surface area (TPSA) is 52.6 Å². The monoisotopic (exact) mass is 222 g/mol. The molecule has 16 heavy (non-hydrogen) atoms. The van der Waals surface area contributed by atoms with Crippen molar-refractivity contribution in [3.8, 4) is 0 Å². The number of cyclic esters (lactones) is 2. The van der Waals surface area contributed by atoms with Gasteiger partial charge in [0.05, 0.1) is 18.1 Å². The van der Waals surface area contributed by atoms with E-state index in [0.29, 0.717) is 0 Å². The maximum Gasteiger partial charge on any atom is 0.323 e. The second kappa shape index (κ2) is 2.56. The molecule has 0 aromatic heterocycles. The average Bonchev–Trinajstić information content (AvgIpc) is 2.79. The van der Waals surface area contributed by atoms with Crippen molar-refractivity contribution >= 4 is 11.9 Å². The van der Waals surface area contributed by atoms with Gasteiger partial charge in [0, 0.05) is 5.41 Å². The van der Waals surface area contributed by atoms with E-state index >= 15 is 0 Å². The van der Waals surface area contributed by atoms with E-state index < -0.39 is 22.8 Å². The van der Waals surface area contributed by atoms with Gasteiger partial charge in [-0.05, 0) is 6.92 Å². The number of esters is 2. The molecular weight excluding hydrogens is 208 g/mol. The highest BCUT2D eigenvalue weighted by atomic mass is 16.6.